The number of carbonyl (C=O) groups is 2. The van der Waals surface area contributed by atoms with E-state index in [1.54, 1.807) is 6.07 Å². The Balaban J connectivity index is 2.00. The van der Waals surface area contributed by atoms with Crippen molar-refractivity contribution in [1.82, 2.24) is 15.1 Å². The number of benzene rings is 1. The van der Waals surface area contributed by atoms with Gasteiger partial charge in [0.2, 0.25) is 0 Å². The van der Waals surface area contributed by atoms with Crippen molar-refractivity contribution in [3.05, 3.63) is 61.8 Å². The average molecular weight is 456 g/mol. The van der Waals surface area contributed by atoms with Crippen LogP contribution < -0.4 is 10.6 Å². The largest absolute Gasteiger partial charge is 0.366 e. The smallest absolute Gasteiger partial charge is 0.274 e. The van der Waals surface area contributed by atoms with Crippen molar-refractivity contribution in [2.45, 2.75) is 6.92 Å². The van der Waals surface area contributed by atoms with Crippen LogP contribution in [0.3, 0.4) is 0 Å². The van der Waals surface area contributed by atoms with Gasteiger partial charge in [0.05, 0.1) is 10.7 Å². The number of aldehydes is 1. The molecule has 0 radical (unpaired) electrons. The highest BCUT2D eigenvalue weighted by atomic mass is 79.9. The number of hydrogen-bond donors (Lipinski definition) is 2. The first kappa shape index (κ1) is 18.7. The van der Waals surface area contributed by atoms with Crippen LogP contribution in [-0.4, -0.2) is 28.5 Å². The molecular weight excluding hydrogens is 443 g/mol. The number of anilines is 1. The molecule has 1 aliphatic rings. The quantitative estimate of drug-likeness (QED) is 0.671. The molecular formula is C17H13BrCl2N4O2. The lowest BCUT2D eigenvalue weighted by molar-refractivity contribution is 0.101. The molecule has 2 aromatic rings. The molecule has 1 aromatic heterocycles. The molecule has 2 N–H and O–H groups in total. The van der Waals surface area contributed by atoms with Gasteiger partial charge in [-0.25, -0.2) is 4.68 Å². The molecule has 0 aliphatic carbocycles. The van der Waals surface area contributed by atoms with E-state index < -0.39 is 5.91 Å². The first-order chi connectivity index (χ1) is 12.4. The minimum absolute atomic E-state index is 0.173. The van der Waals surface area contributed by atoms with Crippen molar-refractivity contribution in [3.63, 3.8) is 0 Å². The van der Waals surface area contributed by atoms with E-state index in [1.165, 1.54) is 16.8 Å². The molecule has 0 unspecified atom stereocenters. The number of allylic oxidation sites excluding steroid dienone is 2. The van der Waals surface area contributed by atoms with Crippen LogP contribution in [0.4, 0.5) is 5.69 Å². The SMILES string of the molecule is CC1=C(n2nc(Br)cc2C(=O)Nc2c(Cl)cc(Cl)cc2C=O)NCC=C1. The Morgan fingerprint density at radius 1 is 1.38 bits per heavy atom. The second-order valence-corrected chi connectivity index (χ2v) is 7.16. The van der Waals surface area contributed by atoms with Gasteiger partial charge in [-0.15, -0.1) is 0 Å². The Morgan fingerprint density at radius 2 is 2.15 bits per heavy atom. The number of rotatable bonds is 4. The van der Waals surface area contributed by atoms with E-state index in [-0.39, 0.29) is 22.0 Å². The maximum Gasteiger partial charge on any atom is 0.274 e. The number of carbonyl (C=O) groups excluding carboxylic acids is 2. The zero-order chi connectivity index (χ0) is 18.8. The van der Waals surface area contributed by atoms with Crippen LogP contribution in [0.15, 0.2) is 40.5 Å². The molecule has 0 atom stereocenters. The highest BCUT2D eigenvalue weighted by Crippen LogP contribution is 2.30. The Morgan fingerprint density at radius 3 is 2.85 bits per heavy atom. The Hall–Kier alpha value is -2.09. The van der Waals surface area contributed by atoms with Gasteiger partial charge < -0.3 is 10.6 Å². The predicted octanol–water partition coefficient (Wildman–Crippen LogP) is 4.37. The third-order valence-electron chi connectivity index (χ3n) is 3.70. The monoisotopic (exact) mass is 454 g/mol. The Bertz CT molecular complexity index is 966. The fourth-order valence-electron chi connectivity index (χ4n) is 2.53. The second-order valence-electron chi connectivity index (χ2n) is 5.50. The van der Waals surface area contributed by atoms with Crippen molar-refractivity contribution in [3.8, 4) is 0 Å². The summed E-state index contributed by atoms with van der Waals surface area (Å²) in [5.74, 6) is 0.230. The molecule has 26 heavy (non-hydrogen) atoms. The minimum Gasteiger partial charge on any atom is -0.366 e. The zero-order valence-electron chi connectivity index (χ0n) is 13.5. The normalized spacial score (nSPS) is 13.5. The van der Waals surface area contributed by atoms with Crippen LogP contribution in [0.25, 0.3) is 5.82 Å². The molecule has 134 valence electrons. The minimum atomic E-state index is -0.466. The number of hydrogen-bond acceptors (Lipinski definition) is 4. The Labute approximate surface area is 168 Å². The third kappa shape index (κ3) is 3.70. The van der Waals surface area contributed by atoms with E-state index in [0.717, 1.165) is 5.57 Å². The van der Waals surface area contributed by atoms with Gasteiger partial charge in [-0.05, 0) is 40.6 Å². The lowest BCUT2D eigenvalue weighted by Gasteiger charge is -2.18. The van der Waals surface area contributed by atoms with Crippen molar-refractivity contribution in [2.24, 2.45) is 0 Å². The van der Waals surface area contributed by atoms with Crippen LogP contribution in [0, 0.1) is 0 Å². The number of aromatic nitrogens is 2. The molecule has 1 aromatic carbocycles. The summed E-state index contributed by atoms with van der Waals surface area (Å²) in [6.45, 7) is 2.54. The molecule has 0 spiro atoms. The molecule has 1 aliphatic heterocycles. The molecule has 9 heteroatoms. The van der Waals surface area contributed by atoms with Gasteiger partial charge in [0.15, 0.2) is 6.29 Å². The first-order valence-electron chi connectivity index (χ1n) is 7.53. The summed E-state index contributed by atoms with van der Waals surface area (Å²) in [4.78, 5) is 24.1. The van der Waals surface area contributed by atoms with Crippen LogP contribution >= 0.6 is 39.1 Å². The summed E-state index contributed by atoms with van der Waals surface area (Å²) < 4.78 is 2.00. The summed E-state index contributed by atoms with van der Waals surface area (Å²) >= 11 is 15.3. The standard InChI is InChI=1S/C17H13BrCl2N4O2/c1-9-3-2-4-21-16(9)24-13(7-14(18)23-24)17(26)22-15-10(8-25)5-11(19)6-12(15)20/h2-3,5-8,21H,4H2,1H3,(H,22,26). The van der Waals surface area contributed by atoms with E-state index in [4.69, 9.17) is 23.2 Å². The number of nitrogens with one attached hydrogen (secondary N) is 2. The molecule has 0 saturated carbocycles. The van der Waals surface area contributed by atoms with Gasteiger partial charge in [-0.3, -0.25) is 9.59 Å². The van der Waals surface area contributed by atoms with Gasteiger partial charge in [-0.2, -0.15) is 5.10 Å². The summed E-state index contributed by atoms with van der Waals surface area (Å²) in [5.41, 5.74) is 1.59. The van der Waals surface area contributed by atoms with Crippen LogP contribution in [-0.2, 0) is 0 Å². The van der Waals surface area contributed by atoms with Crippen molar-refractivity contribution < 1.29 is 9.59 Å². The van der Waals surface area contributed by atoms with Crippen molar-refractivity contribution in [1.29, 1.82) is 0 Å². The summed E-state index contributed by atoms with van der Waals surface area (Å²) in [5, 5.41) is 10.7. The molecule has 0 bridgehead atoms. The summed E-state index contributed by atoms with van der Waals surface area (Å²) in [7, 11) is 0. The van der Waals surface area contributed by atoms with Gasteiger partial charge in [0, 0.05) is 23.2 Å². The van der Waals surface area contributed by atoms with Crippen LogP contribution in [0.5, 0.6) is 0 Å². The van der Waals surface area contributed by atoms with E-state index in [9.17, 15) is 9.59 Å². The maximum atomic E-state index is 12.8. The number of dihydropyridines is 1. The van der Waals surface area contributed by atoms with E-state index in [2.05, 4.69) is 31.7 Å². The molecule has 1 amide bonds. The van der Waals surface area contributed by atoms with E-state index in [0.29, 0.717) is 28.3 Å². The van der Waals surface area contributed by atoms with Gasteiger partial charge in [-0.1, -0.05) is 35.4 Å². The molecule has 2 heterocycles. The van der Waals surface area contributed by atoms with E-state index in [1.807, 2.05) is 19.1 Å². The third-order valence-corrected chi connectivity index (χ3v) is 4.61. The molecule has 0 fully saturated rings. The average Bonchev–Trinajstić information content (AvgIpc) is 2.99. The maximum absolute atomic E-state index is 12.8. The molecule has 6 nitrogen and oxygen atoms in total. The molecule has 3 rings (SSSR count). The topological polar surface area (TPSA) is 76.0 Å². The summed E-state index contributed by atoms with van der Waals surface area (Å²) in [6, 6.07) is 4.47. The Kier molecular flexibility index (Phi) is 5.50. The second kappa shape index (κ2) is 7.65. The van der Waals surface area contributed by atoms with E-state index >= 15 is 0 Å². The van der Waals surface area contributed by atoms with Crippen LogP contribution in [0.2, 0.25) is 10.0 Å². The zero-order valence-corrected chi connectivity index (χ0v) is 16.6. The highest BCUT2D eigenvalue weighted by Gasteiger charge is 2.21. The number of nitrogens with zero attached hydrogens (tertiary/aromatic N) is 2. The van der Waals surface area contributed by atoms with Crippen molar-refractivity contribution >= 4 is 62.8 Å². The van der Waals surface area contributed by atoms with Crippen LogP contribution in [0.1, 0.15) is 27.8 Å². The van der Waals surface area contributed by atoms with Gasteiger partial charge in [0.25, 0.3) is 5.91 Å². The van der Waals surface area contributed by atoms with Crippen molar-refractivity contribution in [2.75, 3.05) is 11.9 Å². The number of halogens is 3. The lowest BCUT2D eigenvalue weighted by Crippen LogP contribution is -2.26. The van der Waals surface area contributed by atoms with Gasteiger partial charge in [0.1, 0.15) is 16.1 Å². The molecule has 0 saturated heterocycles. The fourth-order valence-corrected chi connectivity index (χ4v) is 3.46. The lowest BCUT2D eigenvalue weighted by atomic mass is 10.2. The first-order valence-corrected chi connectivity index (χ1v) is 9.08. The number of amides is 1. The predicted molar refractivity (Wildman–Crippen MR) is 106 cm³/mol. The van der Waals surface area contributed by atoms with Gasteiger partial charge >= 0.3 is 0 Å². The highest BCUT2D eigenvalue weighted by molar-refractivity contribution is 9.10. The fraction of sp³-hybridized carbons (Fsp3) is 0.118. The summed E-state index contributed by atoms with van der Waals surface area (Å²) in [6.07, 6.45) is 4.51.